The highest BCUT2D eigenvalue weighted by molar-refractivity contribution is 6.01. The van der Waals surface area contributed by atoms with Gasteiger partial charge in [-0.25, -0.2) is 4.79 Å². The average Bonchev–Trinajstić information content (AvgIpc) is 2.46. The molecule has 0 aliphatic heterocycles. The highest BCUT2D eigenvalue weighted by atomic mass is 16.4. The molecule has 21 heavy (non-hydrogen) atoms. The van der Waals surface area contributed by atoms with Crippen molar-refractivity contribution in [3.8, 4) is 0 Å². The highest BCUT2D eigenvalue weighted by Gasteiger charge is 2.27. The predicted octanol–water partition coefficient (Wildman–Crippen LogP) is 3.30. The van der Waals surface area contributed by atoms with Gasteiger partial charge < -0.3 is 10.0 Å². The summed E-state index contributed by atoms with van der Waals surface area (Å²) in [6, 6.07) is 12.4. The molecule has 0 spiro atoms. The Morgan fingerprint density at radius 3 is 2.48 bits per heavy atom. The van der Waals surface area contributed by atoms with Gasteiger partial charge in [0, 0.05) is 5.39 Å². The van der Waals surface area contributed by atoms with E-state index in [0.29, 0.717) is 18.5 Å². The fourth-order valence-corrected chi connectivity index (χ4v) is 2.51. The van der Waals surface area contributed by atoms with Crippen LogP contribution in [0.5, 0.6) is 0 Å². The highest BCUT2D eigenvalue weighted by Crippen LogP contribution is 2.28. The molecule has 1 amide bonds. The lowest BCUT2D eigenvalue weighted by molar-refractivity contribution is -0.139. The van der Waals surface area contributed by atoms with E-state index in [1.807, 2.05) is 50.2 Å². The molecule has 0 aromatic heterocycles. The minimum Gasteiger partial charge on any atom is -0.480 e. The number of hydrogen-bond acceptors (Lipinski definition) is 2. The number of carboxylic acid groups (broad SMARTS) is 1. The lowest BCUT2D eigenvalue weighted by Crippen LogP contribution is -2.41. The standard InChI is InChI=1S/C17H19NO3/c1-12(2)10-16(17(20)21)18(11-19)15-9-5-7-13-6-3-4-8-14(13)15/h3-9,11-12,16H,10H2,1-2H3,(H,20,21). The Morgan fingerprint density at radius 1 is 1.19 bits per heavy atom. The molecule has 0 aliphatic carbocycles. The average molecular weight is 285 g/mol. The molecule has 0 aliphatic rings. The van der Waals surface area contributed by atoms with Gasteiger partial charge in [0.1, 0.15) is 6.04 Å². The summed E-state index contributed by atoms with van der Waals surface area (Å²) in [5, 5.41) is 11.3. The Hall–Kier alpha value is -2.36. The van der Waals surface area contributed by atoms with E-state index in [2.05, 4.69) is 0 Å². The molecular weight excluding hydrogens is 266 g/mol. The van der Waals surface area contributed by atoms with Crippen LogP contribution in [0.25, 0.3) is 10.8 Å². The van der Waals surface area contributed by atoms with Gasteiger partial charge in [0.25, 0.3) is 0 Å². The van der Waals surface area contributed by atoms with E-state index in [0.717, 1.165) is 10.8 Å². The van der Waals surface area contributed by atoms with Crippen molar-refractivity contribution in [2.24, 2.45) is 5.92 Å². The zero-order valence-electron chi connectivity index (χ0n) is 12.2. The van der Waals surface area contributed by atoms with Crippen molar-refractivity contribution in [2.75, 3.05) is 4.90 Å². The van der Waals surface area contributed by atoms with Crippen LogP contribution in [0, 0.1) is 5.92 Å². The number of aliphatic carboxylic acids is 1. The second kappa shape index (κ2) is 6.39. The van der Waals surface area contributed by atoms with E-state index < -0.39 is 12.0 Å². The Labute approximate surface area is 124 Å². The zero-order valence-corrected chi connectivity index (χ0v) is 12.2. The molecule has 1 N–H and O–H groups in total. The number of carbonyl (C=O) groups is 2. The SMILES string of the molecule is CC(C)CC(C(=O)O)N(C=O)c1cccc2ccccc12. The molecule has 2 aromatic carbocycles. The lowest BCUT2D eigenvalue weighted by Gasteiger charge is -2.27. The van der Waals surface area contributed by atoms with Crippen LogP contribution in [0.1, 0.15) is 20.3 Å². The van der Waals surface area contributed by atoms with Crippen molar-refractivity contribution in [3.63, 3.8) is 0 Å². The normalized spacial score (nSPS) is 12.3. The summed E-state index contributed by atoms with van der Waals surface area (Å²) in [5.41, 5.74) is 0.635. The maximum Gasteiger partial charge on any atom is 0.326 e. The number of nitrogens with zero attached hydrogens (tertiary/aromatic N) is 1. The fourth-order valence-electron chi connectivity index (χ4n) is 2.51. The van der Waals surface area contributed by atoms with Gasteiger partial charge in [0.15, 0.2) is 0 Å². The van der Waals surface area contributed by atoms with Crippen LogP contribution in [0.2, 0.25) is 0 Å². The van der Waals surface area contributed by atoms with E-state index in [-0.39, 0.29) is 5.92 Å². The molecule has 4 nitrogen and oxygen atoms in total. The maximum atomic E-state index is 11.5. The summed E-state index contributed by atoms with van der Waals surface area (Å²) >= 11 is 0. The first-order chi connectivity index (χ1) is 10.0. The number of fused-ring (bicyclic) bond motifs is 1. The van der Waals surface area contributed by atoms with Crippen molar-refractivity contribution < 1.29 is 14.7 Å². The molecule has 0 radical (unpaired) electrons. The van der Waals surface area contributed by atoms with Crippen molar-refractivity contribution in [3.05, 3.63) is 42.5 Å². The molecule has 0 saturated carbocycles. The quantitative estimate of drug-likeness (QED) is 0.828. The van der Waals surface area contributed by atoms with E-state index in [4.69, 9.17) is 0 Å². The number of anilines is 1. The van der Waals surface area contributed by atoms with Gasteiger partial charge in [-0.05, 0) is 23.8 Å². The Bertz CT molecular complexity index is 646. The first-order valence-electron chi connectivity index (χ1n) is 6.98. The van der Waals surface area contributed by atoms with Crippen molar-refractivity contribution >= 4 is 28.8 Å². The van der Waals surface area contributed by atoms with E-state index in [1.54, 1.807) is 6.07 Å². The minimum absolute atomic E-state index is 0.184. The first-order valence-corrected chi connectivity index (χ1v) is 6.98. The Balaban J connectivity index is 2.52. The third-order valence-electron chi connectivity index (χ3n) is 3.47. The second-order valence-corrected chi connectivity index (χ2v) is 5.49. The van der Waals surface area contributed by atoms with Crippen molar-refractivity contribution in [1.82, 2.24) is 0 Å². The number of hydrogen-bond donors (Lipinski definition) is 1. The fraction of sp³-hybridized carbons (Fsp3) is 0.294. The van der Waals surface area contributed by atoms with E-state index >= 15 is 0 Å². The van der Waals surface area contributed by atoms with Crippen LogP contribution in [-0.2, 0) is 9.59 Å². The molecule has 110 valence electrons. The van der Waals surface area contributed by atoms with E-state index in [9.17, 15) is 14.7 Å². The smallest absolute Gasteiger partial charge is 0.326 e. The van der Waals surface area contributed by atoms with Crippen LogP contribution in [-0.4, -0.2) is 23.5 Å². The zero-order chi connectivity index (χ0) is 15.4. The Morgan fingerprint density at radius 2 is 1.86 bits per heavy atom. The molecule has 2 rings (SSSR count). The Kier molecular flexibility index (Phi) is 4.58. The number of carbonyl (C=O) groups excluding carboxylic acids is 1. The molecule has 0 heterocycles. The molecule has 4 heteroatoms. The van der Waals surface area contributed by atoms with Gasteiger partial charge in [-0.15, -0.1) is 0 Å². The van der Waals surface area contributed by atoms with Crippen LogP contribution < -0.4 is 4.90 Å². The number of rotatable bonds is 6. The third kappa shape index (κ3) is 3.21. The molecular formula is C17H19NO3. The monoisotopic (exact) mass is 285 g/mol. The number of carboxylic acids is 1. The number of benzene rings is 2. The first kappa shape index (κ1) is 15.0. The topological polar surface area (TPSA) is 57.6 Å². The molecule has 1 unspecified atom stereocenters. The predicted molar refractivity (Wildman–Crippen MR) is 83.4 cm³/mol. The number of amides is 1. The van der Waals surface area contributed by atoms with Gasteiger partial charge in [-0.2, -0.15) is 0 Å². The van der Waals surface area contributed by atoms with E-state index in [1.165, 1.54) is 4.90 Å². The molecule has 0 saturated heterocycles. The summed E-state index contributed by atoms with van der Waals surface area (Å²) < 4.78 is 0. The van der Waals surface area contributed by atoms with Crippen LogP contribution in [0.3, 0.4) is 0 Å². The molecule has 0 fully saturated rings. The summed E-state index contributed by atoms with van der Waals surface area (Å²) in [7, 11) is 0. The van der Waals surface area contributed by atoms with Crippen LogP contribution in [0.15, 0.2) is 42.5 Å². The van der Waals surface area contributed by atoms with Crippen molar-refractivity contribution in [1.29, 1.82) is 0 Å². The summed E-state index contributed by atoms with van der Waals surface area (Å²) in [5.74, 6) is -0.799. The largest absolute Gasteiger partial charge is 0.480 e. The van der Waals surface area contributed by atoms with Gasteiger partial charge in [-0.1, -0.05) is 50.2 Å². The van der Waals surface area contributed by atoms with Gasteiger partial charge in [0.05, 0.1) is 5.69 Å². The van der Waals surface area contributed by atoms with Gasteiger partial charge in [-0.3, -0.25) is 4.79 Å². The third-order valence-corrected chi connectivity index (χ3v) is 3.47. The van der Waals surface area contributed by atoms with Crippen LogP contribution >= 0.6 is 0 Å². The summed E-state index contributed by atoms with van der Waals surface area (Å²) in [4.78, 5) is 24.4. The lowest BCUT2D eigenvalue weighted by atomic mass is 10.0. The maximum absolute atomic E-state index is 11.5. The van der Waals surface area contributed by atoms with Crippen LogP contribution in [0.4, 0.5) is 5.69 Å². The summed E-state index contributed by atoms with van der Waals surface area (Å²) in [6.07, 6.45) is 1.03. The molecule has 1 atom stereocenters. The second-order valence-electron chi connectivity index (χ2n) is 5.49. The molecule has 0 bridgehead atoms. The molecule has 2 aromatic rings. The summed E-state index contributed by atoms with van der Waals surface area (Å²) in [6.45, 7) is 3.89. The van der Waals surface area contributed by atoms with Crippen molar-refractivity contribution in [2.45, 2.75) is 26.3 Å². The van der Waals surface area contributed by atoms with Gasteiger partial charge >= 0.3 is 5.97 Å². The minimum atomic E-state index is -0.983. The van der Waals surface area contributed by atoms with Gasteiger partial charge in [0.2, 0.25) is 6.41 Å².